The quantitative estimate of drug-likeness (QED) is 0.630. The van der Waals surface area contributed by atoms with Gasteiger partial charge in [-0.2, -0.15) is 5.10 Å². The van der Waals surface area contributed by atoms with E-state index in [0.717, 1.165) is 6.07 Å². The van der Waals surface area contributed by atoms with Crippen molar-refractivity contribution in [3.05, 3.63) is 65.5 Å². The average molecular weight is 316 g/mol. The number of hydrazone groups is 1. The zero-order chi connectivity index (χ0) is 16.7. The van der Waals surface area contributed by atoms with Gasteiger partial charge in [-0.25, -0.2) is 14.6 Å². The van der Waals surface area contributed by atoms with Gasteiger partial charge in [0, 0.05) is 11.1 Å². The lowest BCUT2D eigenvalue weighted by Gasteiger charge is -2.06. The molecule has 0 aliphatic rings. The van der Waals surface area contributed by atoms with E-state index in [9.17, 15) is 14.0 Å². The fourth-order valence-corrected chi connectivity index (χ4v) is 1.71. The fourth-order valence-electron chi connectivity index (χ4n) is 1.71. The van der Waals surface area contributed by atoms with E-state index in [2.05, 4.69) is 10.5 Å². The van der Waals surface area contributed by atoms with Gasteiger partial charge in [0.25, 0.3) is 5.91 Å². The Labute approximate surface area is 131 Å². The highest BCUT2D eigenvalue weighted by atomic mass is 19.1. The Kier molecular flexibility index (Phi) is 5.40. The van der Waals surface area contributed by atoms with Crippen LogP contribution in [0.2, 0.25) is 0 Å². The number of hydrogen-bond donors (Lipinski definition) is 2. The van der Waals surface area contributed by atoms with Gasteiger partial charge in [0.1, 0.15) is 11.6 Å². The average Bonchev–Trinajstić information content (AvgIpc) is 2.53. The molecule has 0 aliphatic carbocycles. The van der Waals surface area contributed by atoms with E-state index in [1.54, 1.807) is 24.3 Å². The van der Waals surface area contributed by atoms with E-state index >= 15 is 0 Å². The number of nitrogens with one attached hydrogen (secondary N) is 1. The zero-order valence-corrected chi connectivity index (χ0v) is 11.9. The van der Waals surface area contributed by atoms with Crippen LogP contribution in [0.1, 0.15) is 15.9 Å². The minimum atomic E-state index is -1.10. The molecule has 1 amide bonds. The van der Waals surface area contributed by atoms with E-state index in [-0.39, 0.29) is 5.56 Å². The summed E-state index contributed by atoms with van der Waals surface area (Å²) in [5.74, 6) is -1.87. The zero-order valence-electron chi connectivity index (χ0n) is 11.9. The van der Waals surface area contributed by atoms with Crippen molar-refractivity contribution in [3.8, 4) is 5.75 Å². The molecule has 23 heavy (non-hydrogen) atoms. The van der Waals surface area contributed by atoms with Crippen molar-refractivity contribution >= 4 is 18.1 Å². The molecule has 0 heterocycles. The number of halogens is 1. The molecule has 2 aromatic rings. The number of benzene rings is 2. The standard InChI is InChI=1S/C16H13FN2O4/c17-13-6-3-5-11(8-13)16(22)19-18-9-12-4-1-2-7-14(12)23-10-15(20)21/h1-9H,10H2,(H,19,22)(H,20,21)/b18-9+. The lowest BCUT2D eigenvalue weighted by molar-refractivity contribution is -0.139. The van der Waals surface area contributed by atoms with Gasteiger partial charge in [-0.3, -0.25) is 4.79 Å². The summed E-state index contributed by atoms with van der Waals surface area (Å²) < 4.78 is 18.1. The first-order chi connectivity index (χ1) is 11.1. The van der Waals surface area contributed by atoms with Crippen LogP contribution >= 0.6 is 0 Å². The molecular formula is C16H13FN2O4. The third kappa shape index (κ3) is 4.92. The summed E-state index contributed by atoms with van der Waals surface area (Å²) in [4.78, 5) is 22.3. The second kappa shape index (κ2) is 7.69. The predicted molar refractivity (Wildman–Crippen MR) is 81.0 cm³/mol. The van der Waals surface area contributed by atoms with E-state index < -0.39 is 24.3 Å². The molecule has 0 unspecified atom stereocenters. The molecular weight excluding hydrogens is 303 g/mol. The van der Waals surface area contributed by atoms with Crippen molar-refractivity contribution < 1.29 is 23.8 Å². The molecule has 0 atom stereocenters. The fraction of sp³-hybridized carbons (Fsp3) is 0.0625. The van der Waals surface area contributed by atoms with Crippen molar-refractivity contribution in [2.24, 2.45) is 5.10 Å². The molecule has 0 radical (unpaired) electrons. The molecule has 2 N–H and O–H groups in total. The molecule has 118 valence electrons. The summed E-state index contributed by atoms with van der Waals surface area (Å²) in [6.45, 7) is -0.486. The van der Waals surface area contributed by atoms with Gasteiger partial charge in [0.2, 0.25) is 0 Å². The predicted octanol–water partition coefficient (Wildman–Crippen LogP) is 2.05. The molecule has 0 bridgehead atoms. The Hall–Kier alpha value is -3.22. The number of hydrogen-bond acceptors (Lipinski definition) is 4. The number of amides is 1. The van der Waals surface area contributed by atoms with Crippen LogP contribution in [0, 0.1) is 5.82 Å². The van der Waals surface area contributed by atoms with Crippen molar-refractivity contribution in [2.75, 3.05) is 6.61 Å². The molecule has 0 aliphatic heterocycles. The van der Waals surface area contributed by atoms with Gasteiger partial charge in [-0.1, -0.05) is 18.2 Å². The van der Waals surface area contributed by atoms with Crippen LogP contribution in [0.5, 0.6) is 5.75 Å². The first-order valence-corrected chi connectivity index (χ1v) is 6.59. The Morgan fingerprint density at radius 2 is 2.00 bits per heavy atom. The number of ether oxygens (including phenoxy) is 1. The maximum absolute atomic E-state index is 13.0. The second-order valence-electron chi connectivity index (χ2n) is 4.43. The third-order valence-electron chi connectivity index (χ3n) is 2.73. The number of carboxylic acids is 1. The smallest absolute Gasteiger partial charge is 0.341 e. The molecule has 2 rings (SSSR count). The summed E-state index contributed by atoms with van der Waals surface area (Å²) in [7, 11) is 0. The molecule has 7 heteroatoms. The van der Waals surface area contributed by atoms with E-state index in [4.69, 9.17) is 9.84 Å². The van der Waals surface area contributed by atoms with Gasteiger partial charge in [-0.15, -0.1) is 0 Å². The molecule has 0 saturated carbocycles. The summed E-state index contributed by atoms with van der Waals surface area (Å²) in [5.41, 5.74) is 2.89. The van der Waals surface area contributed by atoms with Crippen molar-refractivity contribution in [2.45, 2.75) is 0 Å². The Morgan fingerprint density at radius 1 is 1.22 bits per heavy atom. The molecule has 0 aromatic heterocycles. The Balaban J connectivity index is 2.03. The number of carboxylic acid groups (broad SMARTS) is 1. The molecule has 0 fully saturated rings. The topological polar surface area (TPSA) is 88.0 Å². The van der Waals surface area contributed by atoms with Crippen LogP contribution < -0.4 is 10.2 Å². The van der Waals surface area contributed by atoms with Crippen LogP contribution in [0.25, 0.3) is 0 Å². The monoisotopic (exact) mass is 316 g/mol. The van der Waals surface area contributed by atoms with E-state index in [1.807, 2.05) is 0 Å². The van der Waals surface area contributed by atoms with Gasteiger partial charge >= 0.3 is 5.97 Å². The van der Waals surface area contributed by atoms with Crippen LogP contribution in [0.4, 0.5) is 4.39 Å². The highest BCUT2D eigenvalue weighted by Gasteiger charge is 2.06. The van der Waals surface area contributed by atoms with Crippen LogP contribution in [0.3, 0.4) is 0 Å². The summed E-state index contributed by atoms with van der Waals surface area (Å²) in [6.07, 6.45) is 1.31. The number of para-hydroxylation sites is 1. The number of aliphatic carboxylic acids is 1. The number of rotatable bonds is 6. The van der Waals surface area contributed by atoms with Gasteiger partial charge in [0.15, 0.2) is 6.61 Å². The highest BCUT2D eigenvalue weighted by Crippen LogP contribution is 2.15. The lowest BCUT2D eigenvalue weighted by atomic mass is 10.2. The largest absolute Gasteiger partial charge is 0.481 e. The normalized spacial score (nSPS) is 10.5. The second-order valence-corrected chi connectivity index (χ2v) is 4.43. The van der Waals surface area contributed by atoms with Crippen LogP contribution in [-0.2, 0) is 4.79 Å². The Bertz CT molecular complexity index is 746. The third-order valence-corrected chi connectivity index (χ3v) is 2.73. The molecule has 0 saturated heterocycles. The maximum Gasteiger partial charge on any atom is 0.341 e. The molecule has 0 spiro atoms. The van der Waals surface area contributed by atoms with Gasteiger partial charge < -0.3 is 9.84 Å². The Morgan fingerprint density at radius 3 is 2.74 bits per heavy atom. The number of carbonyl (C=O) groups is 2. The number of carbonyl (C=O) groups excluding carboxylic acids is 1. The SMILES string of the molecule is O=C(O)COc1ccccc1/C=N/NC(=O)c1cccc(F)c1. The highest BCUT2D eigenvalue weighted by molar-refractivity contribution is 5.95. The first kappa shape index (κ1) is 16.2. The summed E-state index contributed by atoms with van der Waals surface area (Å²) in [5, 5.41) is 12.4. The van der Waals surface area contributed by atoms with Crippen molar-refractivity contribution in [1.29, 1.82) is 0 Å². The van der Waals surface area contributed by atoms with Gasteiger partial charge in [0.05, 0.1) is 6.21 Å². The van der Waals surface area contributed by atoms with Crippen molar-refractivity contribution in [3.63, 3.8) is 0 Å². The van der Waals surface area contributed by atoms with Gasteiger partial charge in [-0.05, 0) is 30.3 Å². The summed E-state index contributed by atoms with van der Waals surface area (Å²) >= 11 is 0. The van der Waals surface area contributed by atoms with Crippen molar-refractivity contribution in [1.82, 2.24) is 5.43 Å². The molecule has 2 aromatic carbocycles. The van der Waals surface area contributed by atoms with Crippen LogP contribution in [-0.4, -0.2) is 29.8 Å². The van der Waals surface area contributed by atoms with Crippen LogP contribution in [0.15, 0.2) is 53.6 Å². The van der Waals surface area contributed by atoms with E-state index in [0.29, 0.717) is 11.3 Å². The minimum Gasteiger partial charge on any atom is -0.481 e. The number of nitrogens with zero attached hydrogens (tertiary/aromatic N) is 1. The van der Waals surface area contributed by atoms with E-state index in [1.165, 1.54) is 24.4 Å². The maximum atomic E-state index is 13.0. The minimum absolute atomic E-state index is 0.137. The summed E-state index contributed by atoms with van der Waals surface area (Å²) in [6, 6.07) is 11.8. The first-order valence-electron chi connectivity index (χ1n) is 6.59. The molecule has 6 nitrogen and oxygen atoms in total. The lowest BCUT2D eigenvalue weighted by Crippen LogP contribution is -2.17.